The van der Waals surface area contributed by atoms with Crippen LogP contribution in [0.5, 0.6) is 5.75 Å². The minimum Gasteiger partial charge on any atom is -0.489 e. The standard InChI is InChI=1S/C20H23NO4/c1-23-20(24-2)14-21-19(22)12-11-16-9-6-10-18(13-16)25-15-17-7-4-3-5-8-17/h3-13,20H,14-15H2,1-2H3,(H,21,22)/b12-11+. The Kier molecular flexibility index (Phi) is 7.69. The van der Waals surface area contributed by atoms with Crippen molar-refractivity contribution in [2.75, 3.05) is 20.8 Å². The highest BCUT2D eigenvalue weighted by Gasteiger charge is 2.05. The first kappa shape index (κ1) is 18.7. The van der Waals surface area contributed by atoms with Crippen molar-refractivity contribution in [2.24, 2.45) is 0 Å². The summed E-state index contributed by atoms with van der Waals surface area (Å²) in [7, 11) is 3.05. The van der Waals surface area contributed by atoms with Crippen LogP contribution in [-0.4, -0.2) is 33.0 Å². The summed E-state index contributed by atoms with van der Waals surface area (Å²) >= 11 is 0. The van der Waals surface area contributed by atoms with Gasteiger partial charge in [0.15, 0.2) is 6.29 Å². The molecule has 0 radical (unpaired) electrons. The van der Waals surface area contributed by atoms with Crippen molar-refractivity contribution in [3.63, 3.8) is 0 Å². The molecule has 0 saturated carbocycles. The van der Waals surface area contributed by atoms with E-state index in [0.29, 0.717) is 6.61 Å². The molecule has 1 N–H and O–H groups in total. The van der Waals surface area contributed by atoms with Gasteiger partial charge in [-0.25, -0.2) is 0 Å². The van der Waals surface area contributed by atoms with Crippen molar-refractivity contribution in [3.8, 4) is 5.75 Å². The maximum absolute atomic E-state index is 11.8. The van der Waals surface area contributed by atoms with Crippen LogP contribution in [0.3, 0.4) is 0 Å². The molecule has 0 aromatic heterocycles. The number of amides is 1. The van der Waals surface area contributed by atoms with Crippen LogP contribution in [0, 0.1) is 0 Å². The molecule has 0 atom stereocenters. The first-order valence-electron chi connectivity index (χ1n) is 7.99. The van der Waals surface area contributed by atoms with E-state index in [1.165, 1.54) is 20.3 Å². The van der Waals surface area contributed by atoms with E-state index in [9.17, 15) is 4.79 Å². The highest BCUT2D eigenvalue weighted by Crippen LogP contribution is 2.16. The summed E-state index contributed by atoms with van der Waals surface area (Å²) in [5.41, 5.74) is 1.99. The number of hydrogen-bond acceptors (Lipinski definition) is 4. The lowest BCUT2D eigenvalue weighted by atomic mass is 10.2. The Morgan fingerprint density at radius 2 is 1.84 bits per heavy atom. The summed E-state index contributed by atoms with van der Waals surface area (Å²) in [5.74, 6) is 0.542. The first-order chi connectivity index (χ1) is 12.2. The van der Waals surface area contributed by atoms with Gasteiger partial charge in [0.1, 0.15) is 12.4 Å². The van der Waals surface area contributed by atoms with Crippen molar-refractivity contribution >= 4 is 12.0 Å². The summed E-state index contributed by atoms with van der Waals surface area (Å²) in [6, 6.07) is 17.5. The second kappa shape index (κ2) is 10.3. The smallest absolute Gasteiger partial charge is 0.244 e. The van der Waals surface area contributed by atoms with Gasteiger partial charge in [-0.2, -0.15) is 0 Å². The molecule has 2 aromatic rings. The molecule has 5 heteroatoms. The number of nitrogens with one attached hydrogen (secondary N) is 1. The predicted octanol–water partition coefficient (Wildman–Crippen LogP) is 3.01. The molecule has 1 amide bonds. The monoisotopic (exact) mass is 341 g/mol. The molecule has 0 aliphatic carbocycles. The quantitative estimate of drug-likeness (QED) is 0.563. The largest absolute Gasteiger partial charge is 0.489 e. The molecule has 0 heterocycles. The Morgan fingerprint density at radius 1 is 1.08 bits per heavy atom. The molecule has 25 heavy (non-hydrogen) atoms. The average Bonchev–Trinajstić information content (AvgIpc) is 2.67. The van der Waals surface area contributed by atoms with Crippen LogP contribution in [0.25, 0.3) is 6.08 Å². The predicted molar refractivity (Wildman–Crippen MR) is 97.1 cm³/mol. The lowest BCUT2D eigenvalue weighted by molar-refractivity contribution is -0.123. The van der Waals surface area contributed by atoms with Gasteiger partial charge in [-0.3, -0.25) is 4.79 Å². The Morgan fingerprint density at radius 3 is 2.56 bits per heavy atom. The Labute approximate surface area is 148 Å². The molecule has 0 aliphatic rings. The first-order valence-corrected chi connectivity index (χ1v) is 7.99. The number of ether oxygens (including phenoxy) is 3. The molecule has 0 spiro atoms. The maximum atomic E-state index is 11.8. The Balaban J connectivity index is 1.86. The molecule has 0 unspecified atom stereocenters. The van der Waals surface area contributed by atoms with Gasteiger partial charge < -0.3 is 19.5 Å². The highest BCUT2D eigenvalue weighted by molar-refractivity contribution is 5.91. The summed E-state index contributed by atoms with van der Waals surface area (Å²) in [6.07, 6.45) is 2.75. The molecule has 0 bridgehead atoms. The minimum absolute atomic E-state index is 0.213. The van der Waals surface area contributed by atoms with Gasteiger partial charge in [-0.05, 0) is 29.3 Å². The van der Waals surface area contributed by atoms with Gasteiger partial charge in [0.05, 0.1) is 6.54 Å². The molecule has 2 rings (SSSR count). The van der Waals surface area contributed by atoms with E-state index in [0.717, 1.165) is 16.9 Å². The minimum atomic E-state index is -0.452. The molecule has 132 valence electrons. The zero-order valence-electron chi connectivity index (χ0n) is 14.5. The molecule has 5 nitrogen and oxygen atoms in total. The molecule has 0 saturated heterocycles. The number of methoxy groups -OCH3 is 2. The van der Waals surface area contributed by atoms with E-state index in [-0.39, 0.29) is 12.5 Å². The fourth-order valence-electron chi connectivity index (χ4n) is 2.13. The fraction of sp³-hybridized carbons (Fsp3) is 0.250. The summed E-state index contributed by atoms with van der Waals surface area (Å²) in [6.45, 7) is 0.792. The topological polar surface area (TPSA) is 56.8 Å². The van der Waals surface area contributed by atoms with Gasteiger partial charge in [-0.1, -0.05) is 42.5 Å². The van der Waals surface area contributed by atoms with Crippen molar-refractivity contribution < 1.29 is 19.0 Å². The van der Waals surface area contributed by atoms with Crippen molar-refractivity contribution in [2.45, 2.75) is 12.9 Å². The van der Waals surface area contributed by atoms with Crippen molar-refractivity contribution in [1.82, 2.24) is 5.32 Å². The van der Waals surface area contributed by atoms with E-state index < -0.39 is 6.29 Å². The van der Waals surface area contributed by atoms with Crippen molar-refractivity contribution in [3.05, 3.63) is 71.8 Å². The van der Waals surface area contributed by atoms with Crippen LogP contribution in [0.4, 0.5) is 0 Å². The number of hydrogen-bond donors (Lipinski definition) is 1. The third-order valence-corrected chi connectivity index (χ3v) is 3.50. The zero-order chi connectivity index (χ0) is 17.9. The molecule has 0 fully saturated rings. The van der Waals surface area contributed by atoms with E-state index in [4.69, 9.17) is 14.2 Å². The Hall–Kier alpha value is -2.63. The van der Waals surface area contributed by atoms with E-state index in [2.05, 4.69) is 5.32 Å². The van der Waals surface area contributed by atoms with Crippen LogP contribution < -0.4 is 10.1 Å². The SMILES string of the molecule is COC(CNC(=O)/C=C/c1cccc(OCc2ccccc2)c1)OC. The number of carbonyl (C=O) groups excluding carboxylic acids is 1. The molecule has 2 aromatic carbocycles. The van der Waals surface area contributed by atoms with E-state index in [1.54, 1.807) is 6.08 Å². The lowest BCUT2D eigenvalue weighted by Crippen LogP contribution is -2.33. The van der Waals surface area contributed by atoms with Gasteiger partial charge in [0.2, 0.25) is 5.91 Å². The van der Waals surface area contributed by atoms with Crippen LogP contribution >= 0.6 is 0 Å². The second-order valence-corrected chi connectivity index (χ2v) is 5.33. The average molecular weight is 341 g/mol. The second-order valence-electron chi connectivity index (χ2n) is 5.33. The summed E-state index contributed by atoms with van der Waals surface area (Å²) in [4.78, 5) is 11.8. The van der Waals surface area contributed by atoms with Gasteiger partial charge in [0.25, 0.3) is 0 Å². The van der Waals surface area contributed by atoms with Gasteiger partial charge in [-0.15, -0.1) is 0 Å². The Bertz CT molecular complexity index is 681. The normalized spacial score (nSPS) is 11.0. The van der Waals surface area contributed by atoms with Crippen LogP contribution in [0.15, 0.2) is 60.7 Å². The van der Waals surface area contributed by atoms with E-state index >= 15 is 0 Å². The third-order valence-electron chi connectivity index (χ3n) is 3.50. The van der Waals surface area contributed by atoms with Gasteiger partial charge >= 0.3 is 0 Å². The molecule has 0 aliphatic heterocycles. The number of rotatable bonds is 9. The van der Waals surface area contributed by atoms with Crippen LogP contribution in [-0.2, 0) is 20.9 Å². The maximum Gasteiger partial charge on any atom is 0.244 e. The number of benzene rings is 2. The fourth-order valence-corrected chi connectivity index (χ4v) is 2.13. The van der Waals surface area contributed by atoms with Gasteiger partial charge in [0, 0.05) is 20.3 Å². The summed E-state index contributed by atoms with van der Waals surface area (Å²) < 4.78 is 15.8. The lowest BCUT2D eigenvalue weighted by Gasteiger charge is -2.12. The van der Waals surface area contributed by atoms with E-state index in [1.807, 2.05) is 54.6 Å². The zero-order valence-corrected chi connectivity index (χ0v) is 14.5. The summed E-state index contributed by atoms with van der Waals surface area (Å²) in [5, 5.41) is 2.71. The third kappa shape index (κ3) is 6.79. The molecular formula is C20H23NO4. The molecular weight excluding hydrogens is 318 g/mol. The number of carbonyl (C=O) groups is 1. The van der Waals surface area contributed by atoms with Crippen LogP contribution in [0.1, 0.15) is 11.1 Å². The van der Waals surface area contributed by atoms with Crippen LogP contribution in [0.2, 0.25) is 0 Å². The highest BCUT2D eigenvalue weighted by atomic mass is 16.7. The van der Waals surface area contributed by atoms with Crippen molar-refractivity contribution in [1.29, 1.82) is 0 Å².